The summed E-state index contributed by atoms with van der Waals surface area (Å²) < 4.78 is 0. The maximum Gasteiger partial charge on any atom is 0.161 e. The van der Waals surface area contributed by atoms with Gasteiger partial charge in [0.25, 0.3) is 0 Å². The first kappa shape index (κ1) is 11.9. The van der Waals surface area contributed by atoms with Crippen LogP contribution in [0.15, 0.2) is 11.6 Å². The van der Waals surface area contributed by atoms with E-state index < -0.39 is 0 Å². The summed E-state index contributed by atoms with van der Waals surface area (Å²) in [6.45, 7) is 11.1. The molecule has 3 atom stereocenters. The zero-order valence-electron chi connectivity index (χ0n) is 11.2. The summed E-state index contributed by atoms with van der Waals surface area (Å²) in [4.78, 5) is 12.2. The monoisotopic (exact) mass is 220 g/mol. The van der Waals surface area contributed by atoms with E-state index in [4.69, 9.17) is 0 Å². The number of fused-ring (bicyclic) bond motifs is 2. The number of hydrogen-bond acceptors (Lipinski definition) is 1. The number of rotatable bonds is 2. The van der Waals surface area contributed by atoms with Gasteiger partial charge in [-0.3, -0.25) is 4.79 Å². The zero-order valence-corrected chi connectivity index (χ0v) is 11.2. The lowest BCUT2D eigenvalue weighted by Crippen LogP contribution is -2.29. The molecule has 0 aromatic carbocycles. The van der Waals surface area contributed by atoms with Crippen molar-refractivity contribution in [3.63, 3.8) is 0 Å². The minimum absolute atomic E-state index is 0.312. The van der Waals surface area contributed by atoms with E-state index in [1.807, 2.05) is 6.92 Å². The maximum atomic E-state index is 12.2. The fraction of sp³-hybridized carbons (Fsp3) is 0.800. The molecule has 1 saturated carbocycles. The first-order chi connectivity index (χ1) is 7.37. The fourth-order valence-electron chi connectivity index (χ4n) is 3.76. The van der Waals surface area contributed by atoms with E-state index in [9.17, 15) is 4.79 Å². The third kappa shape index (κ3) is 1.56. The Bertz CT molecular complexity index is 337. The van der Waals surface area contributed by atoms with Gasteiger partial charge >= 0.3 is 0 Å². The van der Waals surface area contributed by atoms with Gasteiger partial charge < -0.3 is 0 Å². The van der Waals surface area contributed by atoms with E-state index in [0.29, 0.717) is 34.9 Å². The van der Waals surface area contributed by atoms with Gasteiger partial charge in [-0.1, -0.05) is 33.8 Å². The van der Waals surface area contributed by atoms with Crippen LogP contribution in [0, 0.1) is 29.1 Å². The Kier molecular flexibility index (Phi) is 2.76. The Labute approximate surface area is 99.3 Å². The average Bonchev–Trinajstić information content (AvgIpc) is 2.52. The van der Waals surface area contributed by atoms with Crippen molar-refractivity contribution in [3.05, 3.63) is 11.6 Å². The first-order valence-electron chi connectivity index (χ1n) is 6.61. The first-order valence-corrected chi connectivity index (χ1v) is 6.61. The van der Waals surface area contributed by atoms with Crippen molar-refractivity contribution in [2.24, 2.45) is 29.1 Å². The Hall–Kier alpha value is -0.590. The van der Waals surface area contributed by atoms with E-state index in [-0.39, 0.29) is 0 Å². The summed E-state index contributed by atoms with van der Waals surface area (Å²) in [5.74, 6) is 2.62. The molecule has 0 N–H and O–H groups in total. The highest BCUT2D eigenvalue weighted by Crippen LogP contribution is 2.57. The van der Waals surface area contributed by atoms with Gasteiger partial charge in [0.15, 0.2) is 5.78 Å². The van der Waals surface area contributed by atoms with E-state index in [1.165, 1.54) is 6.42 Å². The topological polar surface area (TPSA) is 17.1 Å². The van der Waals surface area contributed by atoms with E-state index in [1.54, 1.807) is 0 Å². The Morgan fingerprint density at radius 1 is 1.25 bits per heavy atom. The minimum Gasteiger partial charge on any atom is -0.294 e. The highest BCUT2D eigenvalue weighted by atomic mass is 16.1. The normalized spacial score (nSPS) is 38.4. The van der Waals surface area contributed by atoms with Crippen molar-refractivity contribution < 1.29 is 4.79 Å². The van der Waals surface area contributed by atoms with E-state index in [2.05, 4.69) is 33.8 Å². The van der Waals surface area contributed by atoms with Gasteiger partial charge in [0, 0.05) is 5.92 Å². The van der Waals surface area contributed by atoms with Gasteiger partial charge in [-0.25, -0.2) is 0 Å². The third-order valence-corrected chi connectivity index (χ3v) is 4.97. The molecule has 1 nitrogen and oxygen atoms in total. The maximum absolute atomic E-state index is 12.2. The van der Waals surface area contributed by atoms with Crippen LogP contribution in [0.3, 0.4) is 0 Å². The van der Waals surface area contributed by atoms with Crippen LogP contribution in [0.2, 0.25) is 0 Å². The van der Waals surface area contributed by atoms with Gasteiger partial charge in [0.1, 0.15) is 0 Å². The number of carbonyl (C=O) groups is 1. The molecule has 1 fully saturated rings. The highest BCUT2D eigenvalue weighted by molar-refractivity contribution is 5.98. The standard InChI is InChI=1S/C15H24O/c1-9(2)12-7-15(10(3)4)6-11(5)14(16)13(12)8-15/h6,9-10,12-13H,7-8H2,1-5H3. The van der Waals surface area contributed by atoms with E-state index in [0.717, 1.165) is 12.0 Å². The Morgan fingerprint density at radius 3 is 2.38 bits per heavy atom. The SMILES string of the molecule is CC1=CC2(C(C)C)CC(C1=O)C(C(C)C)C2. The van der Waals surface area contributed by atoms with Crippen LogP contribution in [0.1, 0.15) is 47.5 Å². The lowest BCUT2D eigenvalue weighted by atomic mass is 9.70. The van der Waals surface area contributed by atoms with Crippen LogP contribution in [0.25, 0.3) is 0 Å². The van der Waals surface area contributed by atoms with Gasteiger partial charge in [-0.15, -0.1) is 0 Å². The molecule has 2 bridgehead atoms. The number of Topliss-reactive ketones (excluding diaryl/α,β-unsaturated/α-hetero) is 1. The zero-order chi connectivity index (χ0) is 12.1. The highest BCUT2D eigenvalue weighted by Gasteiger charge is 2.52. The molecule has 0 aromatic rings. The lowest BCUT2D eigenvalue weighted by Gasteiger charge is -2.33. The molecule has 16 heavy (non-hydrogen) atoms. The summed E-state index contributed by atoms with van der Waals surface area (Å²) in [6, 6.07) is 0. The number of carbonyl (C=O) groups excluding carboxylic acids is 1. The molecule has 0 amide bonds. The molecule has 0 radical (unpaired) electrons. The van der Waals surface area contributed by atoms with Crippen LogP contribution in [-0.4, -0.2) is 5.78 Å². The summed E-state index contributed by atoms with van der Waals surface area (Å²) in [6.07, 6.45) is 4.61. The third-order valence-electron chi connectivity index (χ3n) is 4.97. The molecular weight excluding hydrogens is 196 g/mol. The summed E-state index contributed by atoms with van der Waals surface area (Å²) in [5.41, 5.74) is 1.34. The van der Waals surface area contributed by atoms with Gasteiger partial charge in [-0.2, -0.15) is 0 Å². The molecule has 0 heterocycles. The number of ketones is 1. The van der Waals surface area contributed by atoms with Crippen molar-refractivity contribution in [2.75, 3.05) is 0 Å². The summed E-state index contributed by atoms with van der Waals surface area (Å²) in [7, 11) is 0. The second-order valence-electron chi connectivity index (χ2n) is 6.50. The van der Waals surface area contributed by atoms with Crippen molar-refractivity contribution in [1.82, 2.24) is 0 Å². The molecule has 0 aromatic heterocycles. The molecule has 1 heteroatoms. The van der Waals surface area contributed by atoms with Crippen LogP contribution in [-0.2, 0) is 4.79 Å². The van der Waals surface area contributed by atoms with Gasteiger partial charge in [0.05, 0.1) is 0 Å². The number of allylic oxidation sites excluding steroid dienone is 2. The van der Waals surface area contributed by atoms with Crippen molar-refractivity contribution in [1.29, 1.82) is 0 Å². The lowest BCUT2D eigenvalue weighted by molar-refractivity contribution is -0.121. The fourth-order valence-corrected chi connectivity index (χ4v) is 3.76. The molecule has 2 rings (SSSR count). The molecule has 0 aliphatic heterocycles. The quantitative estimate of drug-likeness (QED) is 0.691. The summed E-state index contributed by atoms with van der Waals surface area (Å²) >= 11 is 0. The minimum atomic E-state index is 0.312. The van der Waals surface area contributed by atoms with Crippen molar-refractivity contribution in [3.8, 4) is 0 Å². The molecule has 0 saturated heterocycles. The van der Waals surface area contributed by atoms with Crippen LogP contribution >= 0.6 is 0 Å². The van der Waals surface area contributed by atoms with Crippen molar-refractivity contribution in [2.45, 2.75) is 47.5 Å². The van der Waals surface area contributed by atoms with Crippen LogP contribution in [0.5, 0.6) is 0 Å². The molecule has 3 unspecified atom stereocenters. The van der Waals surface area contributed by atoms with Gasteiger partial charge in [0.2, 0.25) is 0 Å². The molecule has 90 valence electrons. The van der Waals surface area contributed by atoms with Crippen molar-refractivity contribution >= 4 is 5.78 Å². The van der Waals surface area contributed by atoms with E-state index >= 15 is 0 Å². The van der Waals surface area contributed by atoms with Gasteiger partial charge in [-0.05, 0) is 48.5 Å². The average molecular weight is 220 g/mol. The Balaban J connectivity index is 2.40. The molecular formula is C15H24O. The summed E-state index contributed by atoms with van der Waals surface area (Å²) in [5, 5.41) is 0. The second kappa shape index (κ2) is 3.72. The number of hydrogen-bond donors (Lipinski definition) is 0. The van der Waals surface area contributed by atoms with Crippen LogP contribution < -0.4 is 0 Å². The largest absolute Gasteiger partial charge is 0.294 e. The molecule has 2 aliphatic rings. The molecule has 0 spiro atoms. The second-order valence-corrected chi connectivity index (χ2v) is 6.50. The Morgan fingerprint density at radius 2 is 1.88 bits per heavy atom. The predicted octanol–water partition coefficient (Wildman–Crippen LogP) is 3.84. The van der Waals surface area contributed by atoms with Crippen LogP contribution in [0.4, 0.5) is 0 Å². The smallest absolute Gasteiger partial charge is 0.161 e. The molecule has 2 aliphatic carbocycles. The predicted molar refractivity (Wildman–Crippen MR) is 67.1 cm³/mol.